The number of carbonyl (C=O) groups is 2. The number of H-pyrrole nitrogens is 1. The maximum Gasteiger partial charge on any atom is 0.356 e. The highest BCUT2D eigenvalue weighted by molar-refractivity contribution is 5.90. The number of carboxylic acids is 1. The second-order valence-corrected chi connectivity index (χ2v) is 6.30. The van der Waals surface area contributed by atoms with Crippen LogP contribution in [0, 0.1) is 0 Å². The number of aromatic amines is 1. The Morgan fingerprint density at radius 2 is 2.12 bits per heavy atom. The van der Waals surface area contributed by atoms with Crippen LogP contribution in [0.2, 0.25) is 0 Å². The Balaban J connectivity index is 1.57. The normalized spacial score (nSPS) is 13.9. The molecular weight excluding hydrogens is 320 g/mol. The molecule has 1 aliphatic heterocycles. The highest BCUT2D eigenvalue weighted by atomic mass is 16.4. The van der Waals surface area contributed by atoms with E-state index in [4.69, 9.17) is 0 Å². The third-order valence-electron chi connectivity index (χ3n) is 4.81. The molecule has 0 fully saturated rings. The van der Waals surface area contributed by atoms with Crippen molar-refractivity contribution in [1.29, 1.82) is 0 Å². The number of fused-ring (bicyclic) bond motifs is 2. The molecule has 3 aromatic rings. The Hall–Kier alpha value is -3.09. The predicted octanol–water partition coefficient (Wildman–Crippen LogP) is 1.73. The van der Waals surface area contributed by atoms with Crippen LogP contribution in [0.15, 0.2) is 30.5 Å². The first-order valence-corrected chi connectivity index (χ1v) is 8.15. The van der Waals surface area contributed by atoms with Gasteiger partial charge in [-0.05, 0) is 11.6 Å². The Morgan fingerprint density at radius 3 is 2.92 bits per heavy atom. The van der Waals surface area contributed by atoms with Crippen molar-refractivity contribution in [2.45, 2.75) is 19.4 Å². The number of hydrogen-bond donors (Lipinski definition) is 2. The number of carbonyl (C=O) groups excluding carboxylic acids is 1. The Labute approximate surface area is 143 Å². The van der Waals surface area contributed by atoms with E-state index in [-0.39, 0.29) is 11.6 Å². The molecular formula is C18H18N4O3. The molecule has 0 aliphatic carbocycles. The Morgan fingerprint density at radius 1 is 1.32 bits per heavy atom. The SMILES string of the molecule is Cn1nc(C(=O)O)c2c1CCN(C(=O)Cc1c[nH]c3ccccc13)C2. The zero-order valence-corrected chi connectivity index (χ0v) is 13.8. The molecule has 1 aromatic carbocycles. The van der Waals surface area contributed by atoms with Gasteiger partial charge >= 0.3 is 5.97 Å². The van der Waals surface area contributed by atoms with Crippen LogP contribution in [0.1, 0.15) is 27.3 Å². The number of nitrogens with zero attached hydrogens (tertiary/aromatic N) is 3. The fourth-order valence-corrected chi connectivity index (χ4v) is 3.53. The average molecular weight is 338 g/mol. The topological polar surface area (TPSA) is 91.2 Å². The van der Waals surface area contributed by atoms with Crippen LogP contribution in [-0.4, -0.2) is 43.2 Å². The van der Waals surface area contributed by atoms with Gasteiger partial charge in [-0.3, -0.25) is 9.48 Å². The van der Waals surface area contributed by atoms with E-state index in [0.717, 1.165) is 22.2 Å². The molecule has 0 bridgehead atoms. The van der Waals surface area contributed by atoms with Crippen molar-refractivity contribution < 1.29 is 14.7 Å². The van der Waals surface area contributed by atoms with Crippen LogP contribution < -0.4 is 0 Å². The predicted molar refractivity (Wildman–Crippen MR) is 91.3 cm³/mol. The lowest BCUT2D eigenvalue weighted by atomic mass is 10.0. The van der Waals surface area contributed by atoms with Gasteiger partial charge < -0.3 is 15.0 Å². The quantitative estimate of drug-likeness (QED) is 0.761. The maximum absolute atomic E-state index is 12.7. The van der Waals surface area contributed by atoms with E-state index < -0.39 is 5.97 Å². The van der Waals surface area contributed by atoms with Crippen molar-refractivity contribution in [3.8, 4) is 0 Å². The zero-order valence-electron chi connectivity index (χ0n) is 13.8. The van der Waals surface area contributed by atoms with E-state index >= 15 is 0 Å². The lowest BCUT2D eigenvalue weighted by molar-refractivity contribution is -0.131. The average Bonchev–Trinajstić information content (AvgIpc) is 3.16. The summed E-state index contributed by atoms with van der Waals surface area (Å²) in [6.07, 6.45) is 2.78. The van der Waals surface area contributed by atoms with E-state index in [2.05, 4.69) is 10.1 Å². The summed E-state index contributed by atoms with van der Waals surface area (Å²) in [5, 5.41) is 14.4. The van der Waals surface area contributed by atoms with Crippen molar-refractivity contribution in [3.05, 3.63) is 53.0 Å². The van der Waals surface area contributed by atoms with E-state index in [9.17, 15) is 14.7 Å². The third kappa shape index (κ3) is 2.57. The molecule has 1 aliphatic rings. The number of carboxylic acid groups (broad SMARTS) is 1. The van der Waals surface area contributed by atoms with E-state index in [1.807, 2.05) is 30.5 Å². The van der Waals surface area contributed by atoms with Gasteiger partial charge in [0, 0.05) is 54.9 Å². The number of para-hydroxylation sites is 1. The maximum atomic E-state index is 12.7. The molecule has 4 rings (SSSR count). The first-order valence-electron chi connectivity index (χ1n) is 8.15. The zero-order chi connectivity index (χ0) is 17.6. The smallest absolute Gasteiger partial charge is 0.356 e. The highest BCUT2D eigenvalue weighted by Gasteiger charge is 2.29. The van der Waals surface area contributed by atoms with Crippen LogP contribution in [0.5, 0.6) is 0 Å². The van der Waals surface area contributed by atoms with Crippen LogP contribution >= 0.6 is 0 Å². The first-order chi connectivity index (χ1) is 12.0. The molecule has 7 heteroatoms. The van der Waals surface area contributed by atoms with Gasteiger partial charge in [0.2, 0.25) is 5.91 Å². The van der Waals surface area contributed by atoms with Gasteiger partial charge in [0.25, 0.3) is 0 Å². The summed E-state index contributed by atoms with van der Waals surface area (Å²) < 4.78 is 1.61. The molecule has 2 N–H and O–H groups in total. The van der Waals surface area contributed by atoms with Gasteiger partial charge in [0.05, 0.1) is 6.42 Å². The lowest BCUT2D eigenvalue weighted by Crippen LogP contribution is -2.37. The molecule has 3 heterocycles. The number of aromatic carboxylic acids is 1. The Kier molecular flexibility index (Phi) is 3.56. The molecule has 128 valence electrons. The summed E-state index contributed by atoms with van der Waals surface area (Å²) in [7, 11) is 1.74. The van der Waals surface area contributed by atoms with E-state index in [1.54, 1.807) is 16.6 Å². The van der Waals surface area contributed by atoms with Gasteiger partial charge in [-0.2, -0.15) is 5.10 Å². The van der Waals surface area contributed by atoms with Crippen molar-refractivity contribution in [2.75, 3.05) is 6.54 Å². The van der Waals surface area contributed by atoms with Gasteiger partial charge in [-0.1, -0.05) is 18.2 Å². The molecule has 0 atom stereocenters. The van der Waals surface area contributed by atoms with Gasteiger partial charge in [-0.25, -0.2) is 4.79 Å². The number of hydrogen-bond acceptors (Lipinski definition) is 3. The monoisotopic (exact) mass is 338 g/mol. The molecule has 0 saturated heterocycles. The first kappa shape index (κ1) is 15.4. The third-order valence-corrected chi connectivity index (χ3v) is 4.81. The largest absolute Gasteiger partial charge is 0.476 e. The summed E-state index contributed by atoms with van der Waals surface area (Å²) in [4.78, 5) is 29.0. The van der Waals surface area contributed by atoms with Crippen LogP contribution in [-0.2, 0) is 31.2 Å². The van der Waals surface area contributed by atoms with Crippen LogP contribution in [0.3, 0.4) is 0 Å². The van der Waals surface area contributed by atoms with Gasteiger partial charge in [0.15, 0.2) is 5.69 Å². The fraction of sp³-hybridized carbons (Fsp3) is 0.278. The second-order valence-electron chi connectivity index (χ2n) is 6.30. The minimum atomic E-state index is -1.05. The molecule has 2 aromatic heterocycles. The lowest BCUT2D eigenvalue weighted by Gasteiger charge is -2.27. The van der Waals surface area contributed by atoms with E-state index in [1.165, 1.54) is 0 Å². The number of nitrogens with one attached hydrogen (secondary N) is 1. The highest BCUT2D eigenvalue weighted by Crippen LogP contribution is 2.24. The molecule has 1 amide bonds. The number of benzene rings is 1. The van der Waals surface area contributed by atoms with Crippen molar-refractivity contribution >= 4 is 22.8 Å². The summed E-state index contributed by atoms with van der Waals surface area (Å²) in [5.41, 5.74) is 3.55. The van der Waals surface area contributed by atoms with Gasteiger partial charge in [0.1, 0.15) is 0 Å². The van der Waals surface area contributed by atoms with E-state index in [0.29, 0.717) is 31.5 Å². The molecule has 25 heavy (non-hydrogen) atoms. The van der Waals surface area contributed by atoms with Crippen molar-refractivity contribution in [2.24, 2.45) is 7.05 Å². The minimum Gasteiger partial charge on any atom is -0.476 e. The summed E-state index contributed by atoms with van der Waals surface area (Å²) >= 11 is 0. The number of aryl methyl sites for hydroxylation is 1. The molecule has 0 unspecified atom stereocenters. The van der Waals surface area contributed by atoms with Crippen LogP contribution in [0.4, 0.5) is 0 Å². The minimum absolute atomic E-state index is 0.00408. The summed E-state index contributed by atoms with van der Waals surface area (Å²) in [5.74, 6) is -1.06. The number of amides is 1. The van der Waals surface area contributed by atoms with Crippen molar-refractivity contribution in [1.82, 2.24) is 19.7 Å². The van der Waals surface area contributed by atoms with Crippen molar-refractivity contribution in [3.63, 3.8) is 0 Å². The van der Waals surface area contributed by atoms with Crippen LogP contribution in [0.25, 0.3) is 10.9 Å². The van der Waals surface area contributed by atoms with Gasteiger partial charge in [-0.15, -0.1) is 0 Å². The molecule has 0 spiro atoms. The summed E-state index contributed by atoms with van der Waals surface area (Å²) in [6, 6.07) is 7.87. The fourth-order valence-electron chi connectivity index (χ4n) is 3.53. The Bertz CT molecular complexity index is 986. The summed E-state index contributed by atoms with van der Waals surface area (Å²) in [6.45, 7) is 0.874. The molecule has 7 nitrogen and oxygen atoms in total. The molecule has 0 saturated carbocycles. The number of rotatable bonds is 3. The second kappa shape index (κ2) is 5.77. The number of aromatic nitrogens is 3. The molecule has 0 radical (unpaired) electrons. The standard InChI is InChI=1S/C18H18N4O3/c1-21-15-6-7-22(10-13(15)17(20-21)18(24)25)16(23)8-11-9-19-14-5-3-2-4-12(11)14/h2-5,9,19H,6-8,10H2,1H3,(H,24,25).